The number of rotatable bonds is 0. The second-order valence-electron chi connectivity index (χ2n) is 9.82. The van der Waals surface area contributed by atoms with Crippen molar-refractivity contribution in [1.82, 2.24) is 0 Å². The quantitative estimate of drug-likeness (QED) is 0.416. The molecular formula is C23H34S2. The molecular weight excluding hydrogens is 340 g/mol. The highest BCUT2D eigenvalue weighted by atomic mass is 32.2. The van der Waals surface area contributed by atoms with Gasteiger partial charge in [-0.1, -0.05) is 37.1 Å². The molecule has 0 aromatic heterocycles. The van der Waals surface area contributed by atoms with E-state index >= 15 is 0 Å². The van der Waals surface area contributed by atoms with Crippen molar-refractivity contribution < 1.29 is 0 Å². The first-order valence-corrected chi connectivity index (χ1v) is 12.6. The topological polar surface area (TPSA) is 0 Å². The smallest absolute Gasteiger partial charge is 0.0795 e. The Labute approximate surface area is 163 Å². The van der Waals surface area contributed by atoms with Gasteiger partial charge in [-0.05, 0) is 86.9 Å². The molecule has 0 amide bonds. The lowest BCUT2D eigenvalue weighted by Crippen LogP contribution is -2.50. The van der Waals surface area contributed by atoms with Gasteiger partial charge >= 0.3 is 0 Å². The Balaban J connectivity index is 1.47. The minimum Gasteiger partial charge on any atom is -0.139 e. The van der Waals surface area contributed by atoms with E-state index in [1.165, 1.54) is 62.9 Å². The van der Waals surface area contributed by atoms with E-state index in [-0.39, 0.29) is 0 Å². The summed E-state index contributed by atoms with van der Waals surface area (Å²) in [6.07, 6.45) is 16.8. The first-order valence-electron chi connectivity index (χ1n) is 10.7. The van der Waals surface area contributed by atoms with Gasteiger partial charge in [0.1, 0.15) is 0 Å². The highest BCUT2D eigenvalue weighted by Crippen LogP contribution is 2.68. The van der Waals surface area contributed by atoms with Crippen LogP contribution in [0.5, 0.6) is 0 Å². The van der Waals surface area contributed by atoms with Gasteiger partial charge in [-0.15, -0.1) is 23.5 Å². The van der Waals surface area contributed by atoms with Crippen LogP contribution in [0.4, 0.5) is 0 Å². The summed E-state index contributed by atoms with van der Waals surface area (Å²) in [5.41, 5.74) is 4.73. The molecule has 1 spiro atoms. The molecule has 5 aliphatic rings. The molecule has 3 unspecified atom stereocenters. The number of allylic oxidation sites excluding steroid dienone is 3. The molecule has 0 aromatic rings. The van der Waals surface area contributed by atoms with Crippen LogP contribution in [-0.4, -0.2) is 15.6 Å². The predicted molar refractivity (Wildman–Crippen MR) is 113 cm³/mol. The van der Waals surface area contributed by atoms with Crippen molar-refractivity contribution in [3.63, 3.8) is 0 Å². The minimum atomic E-state index is 0.469. The third-order valence-corrected chi connectivity index (χ3v) is 12.5. The summed E-state index contributed by atoms with van der Waals surface area (Å²) in [6.45, 7) is 7.57. The third kappa shape index (κ3) is 2.35. The lowest BCUT2D eigenvalue weighted by Gasteiger charge is -2.58. The van der Waals surface area contributed by atoms with Crippen molar-refractivity contribution in [2.45, 2.75) is 76.2 Å². The Morgan fingerprint density at radius 3 is 2.44 bits per heavy atom. The van der Waals surface area contributed by atoms with Gasteiger partial charge in [0.05, 0.1) is 4.08 Å². The maximum Gasteiger partial charge on any atom is 0.0795 e. The minimum absolute atomic E-state index is 0.469. The fourth-order valence-corrected chi connectivity index (χ4v) is 10.8. The molecule has 0 N–H and O–H groups in total. The van der Waals surface area contributed by atoms with Crippen LogP contribution in [0.15, 0.2) is 23.3 Å². The van der Waals surface area contributed by atoms with E-state index in [1.807, 2.05) is 5.57 Å². The number of hydrogen-bond acceptors (Lipinski definition) is 2. The van der Waals surface area contributed by atoms with E-state index < -0.39 is 0 Å². The average Bonchev–Trinajstić information content (AvgIpc) is 3.19. The van der Waals surface area contributed by atoms with Crippen LogP contribution in [-0.2, 0) is 0 Å². The Morgan fingerprint density at radius 2 is 1.68 bits per heavy atom. The molecule has 0 nitrogen and oxygen atoms in total. The van der Waals surface area contributed by atoms with Crippen molar-refractivity contribution in [3.8, 4) is 0 Å². The summed E-state index contributed by atoms with van der Waals surface area (Å²) in [5.74, 6) is 5.67. The zero-order chi connectivity index (χ0) is 17.3. The van der Waals surface area contributed by atoms with Gasteiger partial charge in [0.15, 0.2) is 0 Å². The molecule has 3 saturated carbocycles. The van der Waals surface area contributed by atoms with E-state index in [4.69, 9.17) is 0 Å². The highest BCUT2D eigenvalue weighted by Gasteiger charge is 2.58. The van der Waals surface area contributed by atoms with E-state index in [9.17, 15) is 0 Å². The lowest BCUT2D eigenvalue weighted by molar-refractivity contribution is -0.0256. The zero-order valence-electron chi connectivity index (χ0n) is 16.3. The summed E-state index contributed by atoms with van der Waals surface area (Å²) in [5, 5.41) is 0. The predicted octanol–water partition coefficient (Wildman–Crippen LogP) is 7.07. The van der Waals surface area contributed by atoms with Crippen molar-refractivity contribution in [2.75, 3.05) is 11.5 Å². The zero-order valence-corrected chi connectivity index (χ0v) is 17.9. The number of hydrogen-bond donors (Lipinski definition) is 0. The molecule has 138 valence electrons. The first-order chi connectivity index (χ1) is 12.0. The second kappa shape index (κ2) is 5.84. The molecule has 1 heterocycles. The van der Waals surface area contributed by atoms with Crippen molar-refractivity contribution in [2.24, 2.45) is 28.6 Å². The van der Waals surface area contributed by atoms with Crippen LogP contribution in [0.25, 0.3) is 0 Å². The van der Waals surface area contributed by atoms with E-state index in [1.54, 1.807) is 5.57 Å². The average molecular weight is 375 g/mol. The molecule has 0 radical (unpaired) electrons. The summed E-state index contributed by atoms with van der Waals surface area (Å²) < 4.78 is 0.469. The van der Waals surface area contributed by atoms with Crippen LogP contribution in [0.3, 0.4) is 0 Å². The van der Waals surface area contributed by atoms with Gasteiger partial charge in [-0.2, -0.15) is 0 Å². The van der Waals surface area contributed by atoms with Crippen molar-refractivity contribution in [3.05, 3.63) is 23.3 Å². The van der Waals surface area contributed by atoms with Crippen molar-refractivity contribution in [1.29, 1.82) is 0 Å². The second-order valence-corrected chi connectivity index (χ2v) is 12.9. The Hall–Kier alpha value is 0.180. The molecule has 0 bridgehead atoms. The molecule has 0 aromatic carbocycles. The van der Waals surface area contributed by atoms with Crippen LogP contribution in [0.2, 0.25) is 0 Å². The normalized spacial score (nSPS) is 49.6. The number of fused-ring (bicyclic) bond motifs is 5. The fourth-order valence-electron chi connectivity index (χ4n) is 7.70. The van der Waals surface area contributed by atoms with Crippen LogP contribution in [0, 0.1) is 28.6 Å². The molecule has 2 heteroatoms. The molecule has 1 aliphatic heterocycles. The summed E-state index contributed by atoms with van der Waals surface area (Å²) in [7, 11) is 0. The molecule has 5 rings (SSSR count). The number of thioether (sulfide) groups is 2. The van der Waals surface area contributed by atoms with E-state index in [0.29, 0.717) is 14.9 Å². The van der Waals surface area contributed by atoms with Gasteiger partial charge in [0.2, 0.25) is 0 Å². The molecule has 1 saturated heterocycles. The van der Waals surface area contributed by atoms with Gasteiger partial charge in [-0.25, -0.2) is 0 Å². The molecule has 25 heavy (non-hydrogen) atoms. The van der Waals surface area contributed by atoms with Crippen LogP contribution >= 0.6 is 23.5 Å². The Morgan fingerprint density at radius 1 is 0.920 bits per heavy atom. The third-order valence-electron chi connectivity index (χ3n) is 9.10. The largest absolute Gasteiger partial charge is 0.139 e. The van der Waals surface area contributed by atoms with Gasteiger partial charge in [0, 0.05) is 11.5 Å². The maximum atomic E-state index is 2.79. The summed E-state index contributed by atoms with van der Waals surface area (Å²) >= 11 is 4.49. The van der Waals surface area contributed by atoms with Crippen molar-refractivity contribution >= 4 is 23.5 Å². The lowest BCUT2D eigenvalue weighted by atomic mass is 9.47. The fraction of sp³-hybridized carbons (Fsp3) is 0.826. The SMILES string of the molecule is CC=C1CCC2C3CCC4=CC5(CC[C@]4(C)C3CC[C@]12C)SCCS5. The van der Waals surface area contributed by atoms with Crippen LogP contribution in [0.1, 0.15) is 72.1 Å². The summed E-state index contributed by atoms with van der Waals surface area (Å²) in [4.78, 5) is 0. The molecule has 4 fully saturated rings. The first kappa shape index (κ1) is 17.3. The van der Waals surface area contributed by atoms with Gasteiger partial charge < -0.3 is 0 Å². The summed E-state index contributed by atoms with van der Waals surface area (Å²) in [6, 6.07) is 0. The van der Waals surface area contributed by atoms with Crippen LogP contribution < -0.4 is 0 Å². The Kier molecular flexibility index (Phi) is 4.04. The van der Waals surface area contributed by atoms with Gasteiger partial charge in [-0.3, -0.25) is 0 Å². The standard InChI is InChI=1S/C23H34S2/c1-4-16-6-8-19-18-7-5-17-15-23(24-13-14-25-23)12-11-22(17,3)20(18)9-10-21(16,19)2/h4,15,18-20H,5-14H2,1-3H3/t18?,19?,20?,21-,22+/m1/s1. The molecule has 5 atom stereocenters. The molecule has 4 aliphatic carbocycles. The van der Waals surface area contributed by atoms with Gasteiger partial charge in [0.25, 0.3) is 0 Å². The maximum absolute atomic E-state index is 2.79. The highest BCUT2D eigenvalue weighted by molar-refractivity contribution is 8.21. The monoisotopic (exact) mass is 374 g/mol. The van der Waals surface area contributed by atoms with E-state index in [2.05, 4.69) is 56.4 Å². The Bertz CT molecular complexity index is 626. The van der Waals surface area contributed by atoms with E-state index in [0.717, 1.165) is 17.8 Å².